The van der Waals surface area contributed by atoms with Gasteiger partial charge in [-0.05, 0) is 73.5 Å². The SMILES string of the molecule is CCCCNC(=O)c1cc(NC(=O)c2ccc(C(=O)Nc3cc(C(=O)NCCCC)cc(C4=NCCN4)c3)cc2)cc(C2=NCCN2)c1. The van der Waals surface area contributed by atoms with Gasteiger partial charge < -0.3 is 31.9 Å². The first-order chi connectivity index (χ1) is 23.3. The Bertz CT molecular complexity index is 1610. The predicted octanol–water partition coefficient (Wildman–Crippen LogP) is 3.95. The monoisotopic (exact) mass is 650 g/mol. The number of hydrogen-bond donors (Lipinski definition) is 6. The van der Waals surface area contributed by atoms with Crippen molar-refractivity contribution < 1.29 is 19.2 Å². The van der Waals surface area contributed by atoms with Crippen LogP contribution in [0.1, 0.15) is 92.1 Å². The lowest BCUT2D eigenvalue weighted by Crippen LogP contribution is -2.26. The van der Waals surface area contributed by atoms with E-state index in [0.717, 1.165) is 25.7 Å². The van der Waals surface area contributed by atoms with E-state index in [1.807, 2.05) is 0 Å². The van der Waals surface area contributed by atoms with E-state index in [1.54, 1.807) is 60.7 Å². The number of carbonyl (C=O) groups is 4. The molecule has 48 heavy (non-hydrogen) atoms. The largest absolute Gasteiger partial charge is 0.368 e. The molecule has 12 nitrogen and oxygen atoms in total. The zero-order valence-electron chi connectivity index (χ0n) is 27.4. The Labute approximate surface area is 280 Å². The molecule has 5 rings (SSSR count). The minimum absolute atomic E-state index is 0.225. The average molecular weight is 651 g/mol. The van der Waals surface area contributed by atoms with E-state index in [9.17, 15) is 19.2 Å². The van der Waals surface area contributed by atoms with Crippen molar-refractivity contribution in [3.63, 3.8) is 0 Å². The zero-order valence-corrected chi connectivity index (χ0v) is 27.4. The normalized spacial score (nSPS) is 13.5. The molecule has 12 heteroatoms. The quantitative estimate of drug-likeness (QED) is 0.145. The molecule has 3 aromatic carbocycles. The summed E-state index contributed by atoms with van der Waals surface area (Å²) in [5.41, 5.74) is 3.83. The molecule has 250 valence electrons. The summed E-state index contributed by atoms with van der Waals surface area (Å²) in [5.74, 6) is 0.106. The number of nitrogens with zero attached hydrogens (tertiary/aromatic N) is 2. The lowest BCUT2D eigenvalue weighted by Gasteiger charge is -2.13. The summed E-state index contributed by atoms with van der Waals surface area (Å²) in [5, 5.41) is 18.0. The van der Waals surface area contributed by atoms with Crippen LogP contribution in [-0.2, 0) is 0 Å². The highest BCUT2D eigenvalue weighted by molar-refractivity contribution is 6.10. The molecule has 0 saturated carbocycles. The summed E-state index contributed by atoms with van der Waals surface area (Å²) < 4.78 is 0. The van der Waals surface area contributed by atoms with Gasteiger partial charge in [-0.15, -0.1) is 0 Å². The molecule has 3 aromatic rings. The Kier molecular flexibility index (Phi) is 11.5. The number of rotatable bonds is 14. The van der Waals surface area contributed by atoms with E-state index >= 15 is 0 Å². The van der Waals surface area contributed by atoms with Gasteiger partial charge in [0.15, 0.2) is 0 Å². The topological polar surface area (TPSA) is 165 Å². The molecule has 0 bridgehead atoms. The highest BCUT2D eigenvalue weighted by Crippen LogP contribution is 2.20. The number of unbranched alkanes of at least 4 members (excludes halogenated alkanes) is 2. The van der Waals surface area contributed by atoms with Gasteiger partial charge in [0.25, 0.3) is 23.6 Å². The number of carbonyl (C=O) groups excluding carboxylic acids is 4. The first-order valence-corrected chi connectivity index (χ1v) is 16.5. The van der Waals surface area contributed by atoms with Crippen LogP contribution in [-0.4, -0.2) is 74.6 Å². The van der Waals surface area contributed by atoms with Gasteiger partial charge in [-0.3, -0.25) is 29.2 Å². The molecule has 0 fully saturated rings. The van der Waals surface area contributed by atoms with Crippen molar-refractivity contribution in [1.29, 1.82) is 0 Å². The molecule has 6 N–H and O–H groups in total. The first-order valence-electron chi connectivity index (χ1n) is 16.5. The second-order valence-corrected chi connectivity index (χ2v) is 11.6. The Morgan fingerprint density at radius 3 is 1.35 bits per heavy atom. The van der Waals surface area contributed by atoms with E-state index < -0.39 is 11.8 Å². The van der Waals surface area contributed by atoms with Gasteiger partial charge in [0.2, 0.25) is 0 Å². The van der Waals surface area contributed by atoms with Gasteiger partial charge in [0.1, 0.15) is 11.7 Å². The van der Waals surface area contributed by atoms with Gasteiger partial charge in [0, 0.05) is 70.9 Å². The summed E-state index contributed by atoms with van der Waals surface area (Å²) in [7, 11) is 0. The van der Waals surface area contributed by atoms with Crippen LogP contribution in [0.2, 0.25) is 0 Å². The van der Waals surface area contributed by atoms with Crippen molar-refractivity contribution >= 4 is 46.7 Å². The Hall–Kier alpha value is -5.52. The first kappa shape index (κ1) is 33.8. The molecule has 0 spiro atoms. The molecule has 0 aromatic heterocycles. The van der Waals surface area contributed by atoms with Crippen LogP contribution >= 0.6 is 0 Å². The number of anilines is 2. The zero-order chi connectivity index (χ0) is 33.9. The number of aliphatic imine (C=N–C) groups is 2. The van der Waals surface area contributed by atoms with Gasteiger partial charge in [-0.1, -0.05) is 26.7 Å². The Morgan fingerprint density at radius 2 is 1.00 bits per heavy atom. The van der Waals surface area contributed by atoms with Crippen molar-refractivity contribution in [2.75, 3.05) is 49.9 Å². The standard InChI is InChI=1S/C36H42N8O4/c1-3-5-11-41-33(45)27-17-25(31-37-13-14-38-31)19-29(21-27)43-35(47)23-7-9-24(10-8-23)36(48)44-30-20-26(32-39-15-16-40-32)18-28(22-30)34(46)42-12-6-4-2/h7-10,17-22H,3-6,11-16H2,1-2H3,(H,37,38)(H,39,40)(H,41,45)(H,42,46)(H,43,47)(H,44,48). The van der Waals surface area contributed by atoms with Gasteiger partial charge in [-0.25, -0.2) is 0 Å². The van der Waals surface area contributed by atoms with E-state index in [4.69, 9.17) is 0 Å². The van der Waals surface area contributed by atoms with Crippen molar-refractivity contribution in [2.24, 2.45) is 9.98 Å². The molecule has 2 aliphatic heterocycles. The number of nitrogens with one attached hydrogen (secondary N) is 6. The number of amidine groups is 2. The molecule has 2 heterocycles. The highest BCUT2D eigenvalue weighted by Gasteiger charge is 2.18. The lowest BCUT2D eigenvalue weighted by atomic mass is 10.1. The fourth-order valence-electron chi connectivity index (χ4n) is 5.26. The summed E-state index contributed by atoms with van der Waals surface area (Å²) in [6, 6.07) is 16.6. The second kappa shape index (κ2) is 16.3. The average Bonchev–Trinajstić information content (AvgIpc) is 3.84. The maximum absolute atomic E-state index is 13.3. The summed E-state index contributed by atoms with van der Waals surface area (Å²) in [6.07, 6.45) is 3.66. The molecule has 0 aliphatic carbocycles. The van der Waals surface area contributed by atoms with Gasteiger partial charge in [-0.2, -0.15) is 0 Å². The molecule has 0 unspecified atom stereocenters. The minimum atomic E-state index is -0.394. The lowest BCUT2D eigenvalue weighted by molar-refractivity contribution is 0.0945. The van der Waals surface area contributed by atoms with E-state index in [-0.39, 0.29) is 11.8 Å². The predicted molar refractivity (Wildman–Crippen MR) is 189 cm³/mol. The third kappa shape index (κ3) is 8.84. The van der Waals surface area contributed by atoms with E-state index in [0.29, 0.717) is 95.7 Å². The van der Waals surface area contributed by atoms with E-state index in [2.05, 4.69) is 55.7 Å². The van der Waals surface area contributed by atoms with Crippen LogP contribution in [0.15, 0.2) is 70.6 Å². The van der Waals surface area contributed by atoms with Crippen LogP contribution in [0.4, 0.5) is 11.4 Å². The highest BCUT2D eigenvalue weighted by atomic mass is 16.2. The molecule has 0 saturated heterocycles. The van der Waals surface area contributed by atoms with E-state index in [1.165, 1.54) is 0 Å². The van der Waals surface area contributed by atoms with Crippen molar-refractivity contribution in [3.8, 4) is 0 Å². The summed E-state index contributed by atoms with van der Waals surface area (Å²) >= 11 is 0. The van der Waals surface area contributed by atoms with Crippen molar-refractivity contribution in [2.45, 2.75) is 39.5 Å². The number of benzene rings is 3. The van der Waals surface area contributed by atoms with Crippen LogP contribution in [0, 0.1) is 0 Å². The second-order valence-electron chi connectivity index (χ2n) is 11.6. The van der Waals surface area contributed by atoms with Gasteiger partial charge in [0.05, 0.1) is 13.1 Å². The Morgan fingerprint density at radius 1 is 0.583 bits per heavy atom. The number of hydrogen-bond acceptors (Lipinski definition) is 8. The fraction of sp³-hybridized carbons (Fsp3) is 0.333. The van der Waals surface area contributed by atoms with Crippen molar-refractivity contribution in [3.05, 3.63) is 94.0 Å². The third-order valence-electron chi connectivity index (χ3n) is 7.84. The molecular weight excluding hydrogens is 608 g/mol. The minimum Gasteiger partial charge on any atom is -0.368 e. The fourth-order valence-corrected chi connectivity index (χ4v) is 5.26. The molecular formula is C36H42N8O4. The number of amides is 4. The van der Waals surface area contributed by atoms with Crippen LogP contribution in [0.5, 0.6) is 0 Å². The Balaban J connectivity index is 1.29. The summed E-state index contributed by atoms with van der Waals surface area (Å²) in [6.45, 7) is 7.92. The van der Waals surface area contributed by atoms with Gasteiger partial charge >= 0.3 is 0 Å². The van der Waals surface area contributed by atoms with Crippen LogP contribution < -0.4 is 31.9 Å². The third-order valence-corrected chi connectivity index (χ3v) is 7.84. The van der Waals surface area contributed by atoms with Crippen LogP contribution in [0.25, 0.3) is 0 Å². The molecule has 4 amide bonds. The van der Waals surface area contributed by atoms with Crippen molar-refractivity contribution in [1.82, 2.24) is 21.3 Å². The van der Waals surface area contributed by atoms with Crippen LogP contribution in [0.3, 0.4) is 0 Å². The maximum Gasteiger partial charge on any atom is 0.255 e. The smallest absolute Gasteiger partial charge is 0.255 e. The summed E-state index contributed by atoms with van der Waals surface area (Å²) in [4.78, 5) is 61.2. The molecule has 0 radical (unpaired) electrons. The molecule has 2 aliphatic rings. The molecule has 0 atom stereocenters. The maximum atomic E-state index is 13.3.